The molecule has 0 spiro atoms. The normalized spacial score (nSPS) is 11.4. The molecule has 0 atom stereocenters. The van der Waals surface area contributed by atoms with E-state index >= 15 is 0 Å². The maximum absolute atomic E-state index is 5.43. The summed E-state index contributed by atoms with van der Waals surface area (Å²) in [6.45, 7) is 8.25. The molecule has 0 fully saturated rings. The van der Waals surface area contributed by atoms with Crippen molar-refractivity contribution < 1.29 is 9.78 Å². The molecule has 0 unspecified atom stereocenters. The van der Waals surface area contributed by atoms with Gasteiger partial charge in [-0.2, -0.15) is 0 Å². The summed E-state index contributed by atoms with van der Waals surface area (Å²) >= 11 is 0. The van der Waals surface area contributed by atoms with Crippen LogP contribution in [0.2, 0.25) is 0 Å². The lowest BCUT2D eigenvalue weighted by Gasteiger charge is -2.23. The first kappa shape index (κ1) is 12.9. The first-order chi connectivity index (χ1) is 7.67. The predicted octanol–water partition coefficient (Wildman–Crippen LogP) is 3.84. The Bertz CT molecular complexity index is 304. The van der Waals surface area contributed by atoms with Crippen molar-refractivity contribution in [2.45, 2.75) is 32.3 Å². The van der Waals surface area contributed by atoms with Crippen molar-refractivity contribution in [3.8, 4) is 0 Å². The zero-order valence-corrected chi connectivity index (χ0v) is 10.1. The van der Waals surface area contributed by atoms with Crippen LogP contribution in [-0.4, -0.2) is 6.61 Å². The Morgan fingerprint density at radius 3 is 2.56 bits per heavy atom. The Hall–Kier alpha value is -1.12. The second-order valence-electron chi connectivity index (χ2n) is 4.21. The average Bonchev–Trinajstić information content (AvgIpc) is 2.30. The summed E-state index contributed by atoms with van der Waals surface area (Å²) in [6.07, 6.45) is 3.77. The molecule has 0 aromatic heterocycles. The van der Waals surface area contributed by atoms with Gasteiger partial charge >= 0.3 is 0 Å². The molecule has 0 N–H and O–H groups in total. The molecule has 1 rings (SSSR count). The van der Waals surface area contributed by atoms with Crippen molar-refractivity contribution in [2.75, 3.05) is 6.61 Å². The molecule has 2 heteroatoms. The van der Waals surface area contributed by atoms with Gasteiger partial charge in [-0.15, -0.1) is 6.58 Å². The predicted molar refractivity (Wildman–Crippen MR) is 65.9 cm³/mol. The summed E-state index contributed by atoms with van der Waals surface area (Å²) in [5.41, 5.74) is 0.703. The van der Waals surface area contributed by atoms with Gasteiger partial charge in [0.2, 0.25) is 0 Å². The van der Waals surface area contributed by atoms with Crippen LogP contribution < -0.4 is 0 Å². The highest BCUT2D eigenvalue weighted by atomic mass is 17.2. The highest BCUT2D eigenvalue weighted by molar-refractivity contribution is 5.20. The number of benzene rings is 1. The molecule has 0 aliphatic heterocycles. The maximum Gasteiger partial charge on any atom is 0.123 e. The van der Waals surface area contributed by atoms with Crippen LogP contribution in [0.5, 0.6) is 0 Å². The third-order valence-electron chi connectivity index (χ3n) is 2.37. The van der Waals surface area contributed by atoms with E-state index in [1.165, 1.54) is 0 Å². The van der Waals surface area contributed by atoms with Gasteiger partial charge in [-0.25, -0.2) is 9.78 Å². The fourth-order valence-corrected chi connectivity index (χ4v) is 1.36. The number of hydrogen-bond donors (Lipinski definition) is 0. The highest BCUT2D eigenvalue weighted by Crippen LogP contribution is 2.24. The lowest BCUT2D eigenvalue weighted by Crippen LogP contribution is -2.22. The molecular formula is C14H20O2. The Labute approximate surface area is 97.8 Å². The third-order valence-corrected chi connectivity index (χ3v) is 2.37. The molecule has 16 heavy (non-hydrogen) atoms. The Morgan fingerprint density at radius 1 is 1.25 bits per heavy atom. The van der Waals surface area contributed by atoms with Crippen molar-refractivity contribution in [2.24, 2.45) is 0 Å². The van der Waals surface area contributed by atoms with Crippen LogP contribution in [0.15, 0.2) is 43.0 Å². The fourth-order valence-electron chi connectivity index (χ4n) is 1.36. The first-order valence-corrected chi connectivity index (χ1v) is 5.64. The molecule has 88 valence electrons. The zero-order valence-electron chi connectivity index (χ0n) is 10.1. The lowest BCUT2D eigenvalue weighted by molar-refractivity contribution is -0.358. The molecule has 0 radical (unpaired) electrons. The molecule has 0 aliphatic carbocycles. The highest BCUT2D eigenvalue weighted by Gasteiger charge is 2.22. The van der Waals surface area contributed by atoms with Crippen molar-refractivity contribution in [1.29, 1.82) is 0 Å². The van der Waals surface area contributed by atoms with Crippen molar-refractivity contribution in [3.05, 3.63) is 48.6 Å². The van der Waals surface area contributed by atoms with Gasteiger partial charge in [-0.3, -0.25) is 0 Å². The van der Waals surface area contributed by atoms with Crippen LogP contribution in [0.1, 0.15) is 32.3 Å². The van der Waals surface area contributed by atoms with Gasteiger partial charge in [0.1, 0.15) is 5.60 Å². The van der Waals surface area contributed by atoms with Crippen LogP contribution >= 0.6 is 0 Å². The summed E-state index contributed by atoms with van der Waals surface area (Å²) in [4.78, 5) is 10.6. The van der Waals surface area contributed by atoms with E-state index in [4.69, 9.17) is 9.78 Å². The summed E-state index contributed by atoms with van der Waals surface area (Å²) in [6, 6.07) is 10.1. The smallest absolute Gasteiger partial charge is 0.123 e. The van der Waals surface area contributed by atoms with Crippen LogP contribution in [0.25, 0.3) is 0 Å². The fraction of sp³-hybridized carbons (Fsp3) is 0.429. The Kier molecular flexibility index (Phi) is 5.23. The molecule has 0 saturated carbocycles. The van der Waals surface area contributed by atoms with Gasteiger partial charge in [0.15, 0.2) is 0 Å². The standard InChI is InChI=1S/C14H20O2/c1-4-5-9-12-15-16-14(2,3)13-10-7-6-8-11-13/h4,6-8,10-11H,1,5,9,12H2,2-3H3. The van der Waals surface area contributed by atoms with Crippen LogP contribution in [0.3, 0.4) is 0 Å². The summed E-state index contributed by atoms with van der Waals surface area (Å²) < 4.78 is 0. The molecule has 1 aromatic carbocycles. The molecular weight excluding hydrogens is 200 g/mol. The molecule has 2 nitrogen and oxygen atoms in total. The first-order valence-electron chi connectivity index (χ1n) is 5.64. The number of rotatable bonds is 7. The van der Waals surface area contributed by atoms with E-state index in [2.05, 4.69) is 6.58 Å². The number of allylic oxidation sites excluding steroid dienone is 1. The van der Waals surface area contributed by atoms with Crippen molar-refractivity contribution in [1.82, 2.24) is 0 Å². The van der Waals surface area contributed by atoms with Gasteiger partial charge in [-0.05, 0) is 32.3 Å². The summed E-state index contributed by atoms with van der Waals surface area (Å²) in [5.74, 6) is 0. The molecule has 0 aliphatic rings. The van der Waals surface area contributed by atoms with Crippen LogP contribution in [-0.2, 0) is 15.4 Å². The zero-order chi connectivity index (χ0) is 11.9. The van der Waals surface area contributed by atoms with E-state index in [0.717, 1.165) is 18.4 Å². The van der Waals surface area contributed by atoms with E-state index in [0.29, 0.717) is 6.61 Å². The minimum atomic E-state index is -0.407. The maximum atomic E-state index is 5.43. The largest absolute Gasteiger partial charge is 0.236 e. The second kappa shape index (κ2) is 6.46. The summed E-state index contributed by atoms with van der Waals surface area (Å²) in [7, 11) is 0. The molecule has 0 amide bonds. The van der Waals surface area contributed by atoms with Crippen molar-refractivity contribution >= 4 is 0 Å². The van der Waals surface area contributed by atoms with E-state index < -0.39 is 5.60 Å². The van der Waals surface area contributed by atoms with Gasteiger partial charge in [-0.1, -0.05) is 36.4 Å². The minimum Gasteiger partial charge on any atom is -0.236 e. The van der Waals surface area contributed by atoms with Crippen LogP contribution in [0, 0.1) is 0 Å². The quantitative estimate of drug-likeness (QED) is 0.301. The Morgan fingerprint density at radius 2 is 1.94 bits per heavy atom. The minimum absolute atomic E-state index is 0.407. The van der Waals surface area contributed by atoms with E-state index in [9.17, 15) is 0 Å². The van der Waals surface area contributed by atoms with Gasteiger partial charge in [0.25, 0.3) is 0 Å². The second-order valence-corrected chi connectivity index (χ2v) is 4.21. The average molecular weight is 220 g/mol. The molecule has 1 aromatic rings. The molecule has 0 heterocycles. The molecule has 0 saturated heterocycles. The number of unbranched alkanes of at least 4 members (excludes halogenated alkanes) is 1. The van der Waals surface area contributed by atoms with E-state index in [1.54, 1.807) is 0 Å². The SMILES string of the molecule is C=CCCCOOC(C)(C)c1ccccc1. The van der Waals surface area contributed by atoms with Gasteiger partial charge in [0.05, 0.1) is 6.61 Å². The van der Waals surface area contributed by atoms with Crippen molar-refractivity contribution in [3.63, 3.8) is 0 Å². The van der Waals surface area contributed by atoms with E-state index in [-0.39, 0.29) is 0 Å². The summed E-state index contributed by atoms with van der Waals surface area (Å²) in [5, 5.41) is 0. The lowest BCUT2D eigenvalue weighted by atomic mass is 9.99. The van der Waals surface area contributed by atoms with Gasteiger partial charge < -0.3 is 0 Å². The third kappa shape index (κ3) is 4.17. The Balaban J connectivity index is 2.37. The van der Waals surface area contributed by atoms with E-state index in [1.807, 2.05) is 50.3 Å². The molecule has 0 bridgehead atoms. The van der Waals surface area contributed by atoms with Crippen LogP contribution in [0.4, 0.5) is 0 Å². The topological polar surface area (TPSA) is 18.5 Å². The number of hydrogen-bond acceptors (Lipinski definition) is 2. The van der Waals surface area contributed by atoms with Gasteiger partial charge in [0, 0.05) is 0 Å². The monoisotopic (exact) mass is 220 g/mol.